The standard InChI is InChI=1S/C13H19BrN2O/c1-10-8-16(9-13(2,3)17-10)12-5-4-11(6-14)7-15-12/h4-5,7,10H,6,8-9H2,1-3H3. The second-order valence-corrected chi connectivity index (χ2v) is 5.79. The molecule has 2 heterocycles. The van der Waals surface area contributed by atoms with Crippen molar-refractivity contribution in [3.05, 3.63) is 23.9 Å². The quantitative estimate of drug-likeness (QED) is 0.785. The summed E-state index contributed by atoms with van der Waals surface area (Å²) in [4.78, 5) is 6.81. The maximum Gasteiger partial charge on any atom is 0.128 e. The molecule has 1 aromatic heterocycles. The largest absolute Gasteiger partial charge is 0.369 e. The van der Waals surface area contributed by atoms with Crippen LogP contribution in [0, 0.1) is 0 Å². The van der Waals surface area contributed by atoms with E-state index in [1.54, 1.807) is 0 Å². The summed E-state index contributed by atoms with van der Waals surface area (Å²) < 4.78 is 5.89. The Labute approximate surface area is 111 Å². The molecule has 1 saturated heterocycles. The lowest BCUT2D eigenvalue weighted by Crippen LogP contribution is -2.52. The van der Waals surface area contributed by atoms with E-state index in [2.05, 4.69) is 58.7 Å². The van der Waals surface area contributed by atoms with Crippen molar-refractivity contribution < 1.29 is 4.74 Å². The van der Waals surface area contributed by atoms with E-state index in [4.69, 9.17) is 4.74 Å². The van der Waals surface area contributed by atoms with Gasteiger partial charge in [-0.3, -0.25) is 0 Å². The molecule has 17 heavy (non-hydrogen) atoms. The molecule has 0 bridgehead atoms. The first kappa shape index (κ1) is 12.8. The molecule has 0 aliphatic carbocycles. The Hall–Kier alpha value is -0.610. The monoisotopic (exact) mass is 298 g/mol. The van der Waals surface area contributed by atoms with Crippen LogP contribution in [-0.2, 0) is 10.1 Å². The Morgan fingerprint density at radius 2 is 2.29 bits per heavy atom. The molecule has 2 rings (SSSR count). The first-order valence-corrected chi connectivity index (χ1v) is 7.06. The van der Waals surface area contributed by atoms with Crippen LogP contribution in [0.2, 0.25) is 0 Å². The number of anilines is 1. The Morgan fingerprint density at radius 3 is 2.82 bits per heavy atom. The van der Waals surface area contributed by atoms with Gasteiger partial charge in [0.25, 0.3) is 0 Å². The number of ether oxygens (including phenoxy) is 1. The molecule has 0 aromatic carbocycles. The molecule has 0 amide bonds. The number of alkyl halides is 1. The van der Waals surface area contributed by atoms with E-state index < -0.39 is 0 Å². The Bertz CT molecular complexity index is 378. The molecule has 0 saturated carbocycles. The van der Waals surface area contributed by atoms with Crippen LogP contribution < -0.4 is 4.90 Å². The van der Waals surface area contributed by atoms with Gasteiger partial charge in [-0.1, -0.05) is 22.0 Å². The van der Waals surface area contributed by atoms with E-state index in [-0.39, 0.29) is 11.7 Å². The first-order valence-electron chi connectivity index (χ1n) is 5.94. The molecule has 1 unspecified atom stereocenters. The number of pyridine rings is 1. The summed E-state index contributed by atoms with van der Waals surface area (Å²) in [5.74, 6) is 1.04. The molecular formula is C13H19BrN2O. The van der Waals surface area contributed by atoms with E-state index >= 15 is 0 Å². The van der Waals surface area contributed by atoms with Crippen molar-refractivity contribution in [2.45, 2.75) is 37.8 Å². The summed E-state index contributed by atoms with van der Waals surface area (Å²) in [6.07, 6.45) is 2.17. The highest BCUT2D eigenvalue weighted by Crippen LogP contribution is 2.24. The van der Waals surface area contributed by atoms with Gasteiger partial charge in [-0.25, -0.2) is 4.98 Å². The highest BCUT2D eigenvalue weighted by molar-refractivity contribution is 9.08. The fraction of sp³-hybridized carbons (Fsp3) is 0.615. The molecule has 1 atom stereocenters. The third kappa shape index (κ3) is 3.19. The number of hydrogen-bond acceptors (Lipinski definition) is 3. The average molecular weight is 299 g/mol. The lowest BCUT2D eigenvalue weighted by atomic mass is 10.1. The molecule has 4 heteroatoms. The molecule has 0 spiro atoms. The van der Waals surface area contributed by atoms with Crippen LogP contribution in [-0.4, -0.2) is 29.8 Å². The highest BCUT2D eigenvalue weighted by atomic mass is 79.9. The number of halogens is 1. The third-order valence-electron chi connectivity index (χ3n) is 2.86. The zero-order valence-electron chi connectivity index (χ0n) is 10.6. The van der Waals surface area contributed by atoms with E-state index in [1.807, 2.05) is 6.20 Å². The zero-order valence-corrected chi connectivity index (χ0v) is 12.2. The van der Waals surface area contributed by atoms with Gasteiger partial charge in [0.15, 0.2) is 0 Å². The van der Waals surface area contributed by atoms with Crippen molar-refractivity contribution in [3.8, 4) is 0 Å². The van der Waals surface area contributed by atoms with Crippen molar-refractivity contribution in [1.82, 2.24) is 4.98 Å². The van der Waals surface area contributed by atoms with Gasteiger partial charge in [0.05, 0.1) is 11.7 Å². The van der Waals surface area contributed by atoms with Gasteiger partial charge >= 0.3 is 0 Å². The molecule has 1 aromatic rings. The van der Waals surface area contributed by atoms with Crippen LogP contribution in [0.5, 0.6) is 0 Å². The van der Waals surface area contributed by atoms with Crippen LogP contribution in [0.1, 0.15) is 26.3 Å². The predicted molar refractivity (Wildman–Crippen MR) is 73.7 cm³/mol. The Kier molecular flexibility index (Phi) is 3.73. The summed E-state index contributed by atoms with van der Waals surface area (Å²) in [6, 6.07) is 4.20. The summed E-state index contributed by atoms with van der Waals surface area (Å²) in [5.41, 5.74) is 1.10. The summed E-state index contributed by atoms with van der Waals surface area (Å²) in [7, 11) is 0. The molecule has 94 valence electrons. The third-order valence-corrected chi connectivity index (χ3v) is 3.50. The summed E-state index contributed by atoms with van der Waals surface area (Å²) in [5, 5.41) is 0.852. The van der Waals surface area contributed by atoms with Gasteiger partial charge in [0, 0.05) is 24.6 Å². The second kappa shape index (κ2) is 4.94. The zero-order chi connectivity index (χ0) is 12.5. The van der Waals surface area contributed by atoms with Crippen molar-refractivity contribution in [3.63, 3.8) is 0 Å². The Morgan fingerprint density at radius 1 is 1.53 bits per heavy atom. The van der Waals surface area contributed by atoms with Gasteiger partial charge in [0.1, 0.15) is 5.82 Å². The number of hydrogen-bond donors (Lipinski definition) is 0. The number of aromatic nitrogens is 1. The minimum atomic E-state index is -0.104. The lowest BCUT2D eigenvalue weighted by molar-refractivity contribution is -0.0751. The smallest absolute Gasteiger partial charge is 0.128 e. The number of rotatable bonds is 2. The van der Waals surface area contributed by atoms with E-state index in [0.29, 0.717) is 0 Å². The van der Waals surface area contributed by atoms with Crippen LogP contribution in [0.15, 0.2) is 18.3 Å². The van der Waals surface area contributed by atoms with Gasteiger partial charge in [-0.15, -0.1) is 0 Å². The molecule has 1 aliphatic heterocycles. The minimum Gasteiger partial charge on any atom is -0.369 e. The molecule has 0 radical (unpaired) electrons. The van der Waals surface area contributed by atoms with E-state index in [0.717, 1.165) is 24.2 Å². The molecule has 1 fully saturated rings. The summed E-state index contributed by atoms with van der Waals surface area (Å²) in [6.45, 7) is 8.16. The molecule has 1 aliphatic rings. The van der Waals surface area contributed by atoms with Crippen molar-refractivity contribution in [1.29, 1.82) is 0 Å². The van der Waals surface area contributed by atoms with E-state index in [1.165, 1.54) is 5.56 Å². The number of morpholine rings is 1. The van der Waals surface area contributed by atoms with E-state index in [9.17, 15) is 0 Å². The van der Waals surface area contributed by atoms with Crippen molar-refractivity contribution >= 4 is 21.7 Å². The average Bonchev–Trinajstić information content (AvgIpc) is 2.26. The van der Waals surface area contributed by atoms with Gasteiger partial charge in [-0.05, 0) is 32.4 Å². The lowest BCUT2D eigenvalue weighted by Gasteiger charge is -2.42. The number of nitrogens with zero attached hydrogens (tertiary/aromatic N) is 2. The first-order chi connectivity index (χ1) is 8.00. The van der Waals surface area contributed by atoms with Crippen molar-refractivity contribution in [2.24, 2.45) is 0 Å². The second-order valence-electron chi connectivity index (χ2n) is 5.23. The van der Waals surface area contributed by atoms with Gasteiger partial charge < -0.3 is 9.64 Å². The van der Waals surface area contributed by atoms with Crippen LogP contribution >= 0.6 is 15.9 Å². The predicted octanol–water partition coefficient (Wildman–Crippen LogP) is 2.98. The summed E-state index contributed by atoms with van der Waals surface area (Å²) >= 11 is 3.43. The maximum absolute atomic E-state index is 5.89. The van der Waals surface area contributed by atoms with Crippen LogP contribution in [0.25, 0.3) is 0 Å². The van der Waals surface area contributed by atoms with Gasteiger partial charge in [-0.2, -0.15) is 0 Å². The highest BCUT2D eigenvalue weighted by Gasteiger charge is 2.31. The fourth-order valence-electron chi connectivity index (χ4n) is 2.31. The molecule has 3 nitrogen and oxygen atoms in total. The van der Waals surface area contributed by atoms with Crippen LogP contribution in [0.3, 0.4) is 0 Å². The fourth-order valence-corrected chi connectivity index (χ4v) is 2.64. The Balaban J connectivity index is 2.15. The molecule has 0 N–H and O–H groups in total. The maximum atomic E-state index is 5.89. The van der Waals surface area contributed by atoms with Gasteiger partial charge in [0.2, 0.25) is 0 Å². The molecular weight excluding hydrogens is 280 g/mol. The normalized spacial score (nSPS) is 23.8. The minimum absolute atomic E-state index is 0.104. The van der Waals surface area contributed by atoms with Crippen molar-refractivity contribution in [2.75, 3.05) is 18.0 Å². The SMILES string of the molecule is CC1CN(c2ccc(CBr)cn2)CC(C)(C)O1. The topological polar surface area (TPSA) is 25.4 Å². The van der Waals surface area contributed by atoms with Crippen LogP contribution in [0.4, 0.5) is 5.82 Å².